The average Bonchev–Trinajstić information content (AvgIpc) is 2.74. The fourth-order valence-electron chi connectivity index (χ4n) is 2.42. The van der Waals surface area contributed by atoms with E-state index in [1.165, 1.54) is 5.56 Å². The van der Waals surface area contributed by atoms with Gasteiger partial charge in [-0.05, 0) is 18.5 Å². The highest BCUT2D eigenvalue weighted by Crippen LogP contribution is 2.22. The molecule has 2 nitrogen and oxygen atoms in total. The van der Waals surface area contributed by atoms with Crippen LogP contribution < -0.4 is 0 Å². The fourth-order valence-corrected chi connectivity index (χ4v) is 2.42. The molecule has 1 fully saturated rings. The molecule has 16 heavy (non-hydrogen) atoms. The minimum atomic E-state index is 0.427. The maximum absolute atomic E-state index is 11.3. The number of benzene rings is 1. The van der Waals surface area contributed by atoms with Gasteiger partial charge in [-0.15, -0.1) is 0 Å². The smallest absolute Gasteiger partial charge is 0.134 e. The van der Waals surface area contributed by atoms with Crippen LogP contribution in [0.1, 0.15) is 31.7 Å². The Morgan fingerprint density at radius 1 is 1.31 bits per heavy atom. The Morgan fingerprint density at radius 2 is 2.06 bits per heavy atom. The molecule has 0 saturated heterocycles. The van der Waals surface area contributed by atoms with Gasteiger partial charge in [-0.25, -0.2) is 0 Å². The summed E-state index contributed by atoms with van der Waals surface area (Å²) in [6.45, 7) is 4.16. The molecule has 1 saturated carbocycles. The lowest BCUT2D eigenvalue weighted by Gasteiger charge is -2.26. The van der Waals surface area contributed by atoms with Crippen molar-refractivity contribution < 1.29 is 4.79 Å². The molecule has 0 aliphatic heterocycles. The fraction of sp³-hybridized carbons (Fsp3) is 0.500. The van der Waals surface area contributed by atoms with Crippen LogP contribution in [-0.2, 0) is 11.3 Å². The summed E-state index contributed by atoms with van der Waals surface area (Å²) < 4.78 is 0. The molecule has 0 bridgehead atoms. The molecule has 86 valence electrons. The zero-order chi connectivity index (χ0) is 11.4. The minimum Gasteiger partial charge on any atom is -0.300 e. The topological polar surface area (TPSA) is 20.3 Å². The van der Waals surface area contributed by atoms with Crippen molar-refractivity contribution >= 4 is 5.78 Å². The van der Waals surface area contributed by atoms with Crippen molar-refractivity contribution in [3.63, 3.8) is 0 Å². The predicted molar refractivity (Wildman–Crippen MR) is 65.2 cm³/mol. The van der Waals surface area contributed by atoms with Gasteiger partial charge in [0.1, 0.15) is 5.78 Å². The van der Waals surface area contributed by atoms with E-state index in [2.05, 4.69) is 36.1 Å². The van der Waals surface area contributed by atoms with Gasteiger partial charge in [0.15, 0.2) is 0 Å². The highest BCUT2D eigenvalue weighted by Gasteiger charge is 2.26. The van der Waals surface area contributed by atoms with Gasteiger partial charge in [0, 0.05) is 25.4 Å². The number of nitrogens with zero attached hydrogens (tertiary/aromatic N) is 1. The van der Waals surface area contributed by atoms with Gasteiger partial charge in [0.05, 0.1) is 0 Å². The highest BCUT2D eigenvalue weighted by molar-refractivity contribution is 5.81. The molecule has 0 spiro atoms. The third-order valence-electron chi connectivity index (χ3n) is 3.37. The summed E-state index contributed by atoms with van der Waals surface area (Å²) in [5, 5.41) is 0. The van der Waals surface area contributed by atoms with Gasteiger partial charge >= 0.3 is 0 Å². The van der Waals surface area contributed by atoms with Crippen LogP contribution in [0, 0.1) is 0 Å². The molecule has 1 aromatic carbocycles. The first-order valence-electron chi connectivity index (χ1n) is 6.09. The van der Waals surface area contributed by atoms with Crippen LogP contribution in [0.3, 0.4) is 0 Å². The van der Waals surface area contributed by atoms with Crippen LogP contribution >= 0.6 is 0 Å². The maximum Gasteiger partial charge on any atom is 0.134 e. The largest absolute Gasteiger partial charge is 0.300 e. The summed E-state index contributed by atoms with van der Waals surface area (Å²) in [7, 11) is 0. The third-order valence-corrected chi connectivity index (χ3v) is 3.37. The molecule has 1 unspecified atom stereocenters. The van der Waals surface area contributed by atoms with Crippen LogP contribution in [0.15, 0.2) is 30.3 Å². The Morgan fingerprint density at radius 3 is 2.62 bits per heavy atom. The molecule has 2 rings (SSSR count). The number of hydrogen-bond donors (Lipinski definition) is 0. The van der Waals surface area contributed by atoms with Crippen molar-refractivity contribution in [1.29, 1.82) is 0 Å². The molecule has 0 aromatic heterocycles. The molecule has 1 aromatic rings. The molecule has 0 amide bonds. The van der Waals surface area contributed by atoms with E-state index < -0.39 is 0 Å². The monoisotopic (exact) mass is 217 g/mol. The number of Topliss-reactive ketones (excluding diaryl/α,β-unsaturated/α-hetero) is 1. The Kier molecular flexibility index (Phi) is 3.73. The molecule has 1 aliphatic carbocycles. The predicted octanol–water partition coefficient (Wildman–Crippen LogP) is 2.63. The van der Waals surface area contributed by atoms with Crippen LogP contribution in [0.4, 0.5) is 0 Å². The van der Waals surface area contributed by atoms with Crippen LogP contribution in [0.2, 0.25) is 0 Å². The lowest BCUT2D eigenvalue weighted by atomic mass is 10.1. The number of hydrogen-bond acceptors (Lipinski definition) is 2. The van der Waals surface area contributed by atoms with Crippen molar-refractivity contribution in [2.45, 2.75) is 38.8 Å². The molecule has 2 heteroatoms. The summed E-state index contributed by atoms with van der Waals surface area (Å²) in [5.41, 5.74) is 1.34. The van der Waals surface area contributed by atoms with Crippen LogP contribution in [0.5, 0.6) is 0 Å². The highest BCUT2D eigenvalue weighted by atomic mass is 16.1. The first-order valence-corrected chi connectivity index (χ1v) is 6.09. The van der Waals surface area contributed by atoms with Crippen molar-refractivity contribution in [2.24, 2.45) is 0 Å². The zero-order valence-electron chi connectivity index (χ0n) is 9.86. The summed E-state index contributed by atoms with van der Waals surface area (Å²) in [6.07, 6.45) is 2.57. The molecule has 0 N–H and O–H groups in total. The standard InChI is InChI=1S/C14H19NO/c1-2-15(13-8-9-14(16)10-13)11-12-6-4-3-5-7-12/h3-7,13H,2,8-11H2,1H3. The second kappa shape index (κ2) is 5.26. The zero-order valence-corrected chi connectivity index (χ0v) is 9.86. The normalized spacial score (nSPS) is 20.6. The number of carbonyl (C=O) groups excluding carboxylic acids is 1. The maximum atomic E-state index is 11.3. The van der Waals surface area contributed by atoms with Crippen molar-refractivity contribution in [1.82, 2.24) is 4.90 Å². The van der Waals surface area contributed by atoms with E-state index in [-0.39, 0.29) is 0 Å². The van der Waals surface area contributed by atoms with E-state index in [0.717, 1.165) is 32.4 Å². The molecule has 0 radical (unpaired) electrons. The molecule has 1 aliphatic rings. The first-order chi connectivity index (χ1) is 7.79. The summed E-state index contributed by atoms with van der Waals surface area (Å²) in [4.78, 5) is 13.7. The van der Waals surface area contributed by atoms with E-state index in [4.69, 9.17) is 0 Å². The summed E-state index contributed by atoms with van der Waals surface area (Å²) in [6, 6.07) is 11.0. The average molecular weight is 217 g/mol. The molecule has 1 atom stereocenters. The van der Waals surface area contributed by atoms with Crippen molar-refractivity contribution in [3.05, 3.63) is 35.9 Å². The third kappa shape index (κ3) is 2.70. The lowest BCUT2D eigenvalue weighted by molar-refractivity contribution is -0.117. The molecular formula is C14H19NO. The van der Waals surface area contributed by atoms with E-state index in [1.54, 1.807) is 0 Å². The molecular weight excluding hydrogens is 198 g/mol. The Balaban J connectivity index is 1.98. The number of ketones is 1. The second-order valence-electron chi connectivity index (χ2n) is 4.48. The van der Waals surface area contributed by atoms with E-state index >= 15 is 0 Å². The Hall–Kier alpha value is -1.15. The second-order valence-corrected chi connectivity index (χ2v) is 4.48. The minimum absolute atomic E-state index is 0.427. The van der Waals surface area contributed by atoms with Crippen molar-refractivity contribution in [3.8, 4) is 0 Å². The van der Waals surface area contributed by atoms with Gasteiger partial charge in [-0.3, -0.25) is 9.69 Å². The van der Waals surface area contributed by atoms with Gasteiger partial charge in [0.2, 0.25) is 0 Å². The van der Waals surface area contributed by atoms with Crippen LogP contribution in [0.25, 0.3) is 0 Å². The molecule has 0 heterocycles. The number of carbonyl (C=O) groups is 1. The van der Waals surface area contributed by atoms with Gasteiger partial charge in [-0.1, -0.05) is 37.3 Å². The first kappa shape index (κ1) is 11.3. The van der Waals surface area contributed by atoms with Gasteiger partial charge in [0.25, 0.3) is 0 Å². The SMILES string of the molecule is CCN(Cc1ccccc1)C1CCC(=O)C1. The summed E-state index contributed by atoms with van der Waals surface area (Å²) in [5.74, 6) is 0.427. The lowest BCUT2D eigenvalue weighted by Crippen LogP contribution is -2.32. The Labute approximate surface area is 97.3 Å². The Bertz CT molecular complexity index is 347. The van der Waals surface area contributed by atoms with Crippen molar-refractivity contribution in [2.75, 3.05) is 6.54 Å². The van der Waals surface area contributed by atoms with E-state index in [1.807, 2.05) is 6.07 Å². The van der Waals surface area contributed by atoms with E-state index in [0.29, 0.717) is 11.8 Å². The number of rotatable bonds is 4. The summed E-state index contributed by atoms with van der Waals surface area (Å²) >= 11 is 0. The van der Waals surface area contributed by atoms with E-state index in [9.17, 15) is 4.79 Å². The quantitative estimate of drug-likeness (QED) is 0.772. The van der Waals surface area contributed by atoms with Gasteiger partial charge in [-0.2, -0.15) is 0 Å². The van der Waals surface area contributed by atoms with Gasteiger partial charge < -0.3 is 0 Å². The van der Waals surface area contributed by atoms with Crippen LogP contribution in [-0.4, -0.2) is 23.3 Å².